The van der Waals surface area contributed by atoms with Gasteiger partial charge in [0.05, 0.1) is 0 Å². The maximum Gasteiger partial charge on any atom is 0.266 e. The minimum absolute atomic E-state index is 0.0132. The number of aromatic hydroxyl groups is 1. The molecule has 26 heavy (non-hydrogen) atoms. The van der Waals surface area contributed by atoms with Gasteiger partial charge in [-0.25, -0.2) is 0 Å². The zero-order valence-electron chi connectivity index (χ0n) is 14.5. The number of aromatic nitrogens is 3. The molecule has 0 unspecified atom stereocenters. The van der Waals surface area contributed by atoms with Gasteiger partial charge in [-0.2, -0.15) is 12.6 Å². The quantitative estimate of drug-likeness (QED) is 0.479. The number of hydrogen-bond acceptors (Lipinski definition) is 10. The molecule has 0 saturated carbocycles. The molecule has 10 nitrogen and oxygen atoms in total. The van der Waals surface area contributed by atoms with Gasteiger partial charge in [0, 0.05) is 31.5 Å². The Kier molecular flexibility index (Phi) is 6.32. The average molecular weight is 397 g/mol. The predicted molar refractivity (Wildman–Crippen MR) is 103 cm³/mol. The van der Waals surface area contributed by atoms with Gasteiger partial charge in [0.1, 0.15) is 11.3 Å². The van der Waals surface area contributed by atoms with Crippen LogP contribution in [-0.2, 0) is 6.54 Å². The van der Waals surface area contributed by atoms with Crippen molar-refractivity contribution in [2.75, 3.05) is 24.2 Å². The summed E-state index contributed by atoms with van der Waals surface area (Å²) in [6.07, 6.45) is 0. The zero-order chi connectivity index (χ0) is 19.4. The highest BCUT2D eigenvalue weighted by molar-refractivity contribution is 7.80. The van der Waals surface area contributed by atoms with Crippen molar-refractivity contribution in [1.29, 1.82) is 0 Å². The van der Waals surface area contributed by atoms with E-state index in [-0.39, 0.29) is 34.4 Å². The summed E-state index contributed by atoms with van der Waals surface area (Å²) in [7, 11) is 1.85. The molecule has 2 aromatic heterocycles. The van der Waals surface area contributed by atoms with Gasteiger partial charge in [-0.05, 0) is 13.8 Å². The second kappa shape index (κ2) is 8.27. The number of rotatable bonds is 7. The van der Waals surface area contributed by atoms with Crippen LogP contribution in [0, 0.1) is 6.92 Å². The number of anilines is 1. The third-order valence-corrected chi connectivity index (χ3v) is 4.74. The van der Waals surface area contributed by atoms with E-state index < -0.39 is 11.5 Å². The van der Waals surface area contributed by atoms with Crippen LogP contribution in [0.1, 0.15) is 22.8 Å². The minimum atomic E-state index is -0.891. The highest BCUT2D eigenvalue weighted by Crippen LogP contribution is 2.33. The molecule has 0 spiro atoms. The van der Waals surface area contributed by atoms with Crippen molar-refractivity contribution in [3.63, 3.8) is 0 Å². The monoisotopic (exact) mass is 397 g/mol. The summed E-state index contributed by atoms with van der Waals surface area (Å²) >= 11 is 5.36. The normalized spacial score (nSPS) is 11.2. The van der Waals surface area contributed by atoms with Crippen LogP contribution in [0.3, 0.4) is 0 Å². The number of nitrogens with two attached hydrogens (primary N) is 1. The van der Waals surface area contributed by atoms with Crippen molar-refractivity contribution in [3.8, 4) is 5.88 Å². The number of hydrogen-bond donors (Lipinski definition) is 3. The SMILES string of the molecule is CCn1c(O)c(/N=N/c2nnc(N(C)CCS)s2)c(C)c(C(N)=O)c1=O. The van der Waals surface area contributed by atoms with Crippen molar-refractivity contribution in [2.24, 2.45) is 16.0 Å². The Morgan fingerprint density at radius 1 is 1.42 bits per heavy atom. The zero-order valence-corrected chi connectivity index (χ0v) is 16.2. The molecule has 3 N–H and O–H groups in total. The first kappa shape index (κ1) is 19.8. The van der Waals surface area contributed by atoms with E-state index in [4.69, 9.17) is 5.73 Å². The maximum absolute atomic E-state index is 12.2. The average Bonchev–Trinajstić information content (AvgIpc) is 3.04. The van der Waals surface area contributed by atoms with Crippen LogP contribution in [0.15, 0.2) is 15.0 Å². The maximum atomic E-state index is 12.2. The number of primary amides is 1. The third-order valence-electron chi connectivity index (χ3n) is 3.62. The van der Waals surface area contributed by atoms with Gasteiger partial charge in [0.2, 0.25) is 11.0 Å². The highest BCUT2D eigenvalue weighted by Gasteiger charge is 2.21. The molecule has 0 atom stereocenters. The molecule has 0 saturated heterocycles. The topological polar surface area (TPSA) is 139 Å². The van der Waals surface area contributed by atoms with Crippen molar-refractivity contribution in [1.82, 2.24) is 14.8 Å². The molecule has 2 heterocycles. The van der Waals surface area contributed by atoms with Crippen molar-refractivity contribution in [2.45, 2.75) is 20.4 Å². The fourth-order valence-corrected chi connectivity index (χ4v) is 3.21. The second-order valence-corrected chi connectivity index (χ2v) is 6.68. The summed E-state index contributed by atoms with van der Waals surface area (Å²) in [5.74, 6) is -0.618. The predicted octanol–water partition coefficient (Wildman–Crippen LogP) is 1.61. The molecule has 0 bridgehead atoms. The molecule has 1 amide bonds. The Balaban J connectivity index is 2.46. The summed E-state index contributed by atoms with van der Waals surface area (Å²) in [6.45, 7) is 3.96. The number of pyridine rings is 1. The molecule has 0 fully saturated rings. The standard InChI is InChI=1S/C14H19N7O3S2/c1-4-21-11(23)8(10(15)22)7(2)9(12(21)24)16-17-13-18-19-14(26-13)20(3)5-6-25/h24-25H,4-6H2,1-3H3,(H2,15,22)/b17-16+. The Bertz CT molecular complexity index is 907. The van der Waals surface area contributed by atoms with E-state index in [1.54, 1.807) is 6.92 Å². The molecular weight excluding hydrogens is 378 g/mol. The van der Waals surface area contributed by atoms with Crippen LogP contribution in [0.5, 0.6) is 5.88 Å². The number of carbonyl (C=O) groups is 1. The Hall–Kier alpha value is -2.47. The van der Waals surface area contributed by atoms with Gasteiger partial charge >= 0.3 is 0 Å². The van der Waals surface area contributed by atoms with Gasteiger partial charge in [-0.3, -0.25) is 14.2 Å². The number of thiol groups is 1. The van der Waals surface area contributed by atoms with E-state index in [2.05, 4.69) is 33.1 Å². The molecule has 0 aliphatic heterocycles. The van der Waals surface area contributed by atoms with E-state index >= 15 is 0 Å². The lowest BCUT2D eigenvalue weighted by atomic mass is 10.1. The van der Waals surface area contributed by atoms with Crippen LogP contribution < -0.4 is 16.2 Å². The fraction of sp³-hybridized carbons (Fsp3) is 0.429. The molecule has 0 aliphatic rings. The van der Waals surface area contributed by atoms with Crippen molar-refractivity contribution in [3.05, 3.63) is 21.5 Å². The van der Waals surface area contributed by atoms with E-state index in [1.807, 2.05) is 11.9 Å². The lowest BCUT2D eigenvalue weighted by Gasteiger charge is -2.12. The number of nitrogens with zero attached hydrogens (tertiary/aromatic N) is 6. The van der Waals surface area contributed by atoms with Gasteiger partial charge in [-0.15, -0.1) is 20.4 Å². The third kappa shape index (κ3) is 3.85. The first-order valence-corrected chi connectivity index (χ1v) is 9.10. The molecule has 0 radical (unpaired) electrons. The van der Waals surface area contributed by atoms with Crippen LogP contribution in [-0.4, -0.2) is 45.1 Å². The van der Waals surface area contributed by atoms with E-state index in [0.717, 1.165) is 4.57 Å². The van der Waals surface area contributed by atoms with Crippen LogP contribution in [0.4, 0.5) is 16.0 Å². The van der Waals surface area contributed by atoms with Crippen molar-refractivity contribution >= 4 is 45.8 Å². The highest BCUT2D eigenvalue weighted by atomic mass is 32.1. The Labute approximate surface area is 158 Å². The number of amides is 1. The number of azo groups is 1. The summed E-state index contributed by atoms with van der Waals surface area (Å²) in [6, 6.07) is 0. The van der Waals surface area contributed by atoms with Gasteiger partial charge in [0.25, 0.3) is 16.6 Å². The molecule has 140 valence electrons. The fourth-order valence-electron chi connectivity index (χ4n) is 2.25. The van der Waals surface area contributed by atoms with Crippen LogP contribution >= 0.6 is 24.0 Å². The molecule has 12 heteroatoms. The van der Waals surface area contributed by atoms with Gasteiger partial charge in [0.15, 0.2) is 0 Å². The Morgan fingerprint density at radius 3 is 2.69 bits per heavy atom. The summed E-state index contributed by atoms with van der Waals surface area (Å²) in [5, 5.41) is 27.1. The van der Waals surface area contributed by atoms with Crippen molar-refractivity contribution < 1.29 is 9.90 Å². The lowest BCUT2D eigenvalue weighted by molar-refractivity contribution is 0.0997. The lowest BCUT2D eigenvalue weighted by Crippen LogP contribution is -2.30. The van der Waals surface area contributed by atoms with Crippen LogP contribution in [0.25, 0.3) is 0 Å². The molecule has 2 aromatic rings. The van der Waals surface area contributed by atoms with Gasteiger partial charge in [-0.1, -0.05) is 11.3 Å². The molecule has 0 aliphatic carbocycles. The first-order chi connectivity index (χ1) is 12.3. The van der Waals surface area contributed by atoms with Gasteiger partial charge < -0.3 is 15.7 Å². The largest absolute Gasteiger partial charge is 0.493 e. The minimum Gasteiger partial charge on any atom is -0.493 e. The molecule has 2 rings (SSSR count). The first-order valence-electron chi connectivity index (χ1n) is 7.65. The summed E-state index contributed by atoms with van der Waals surface area (Å²) < 4.78 is 1.01. The van der Waals surface area contributed by atoms with E-state index in [9.17, 15) is 14.7 Å². The number of carbonyl (C=O) groups excluding carboxylic acids is 1. The molecular formula is C14H19N7O3S2. The van der Waals surface area contributed by atoms with E-state index in [1.165, 1.54) is 18.3 Å². The summed E-state index contributed by atoms with van der Waals surface area (Å²) in [5.41, 5.74) is 4.54. The smallest absolute Gasteiger partial charge is 0.266 e. The Morgan fingerprint density at radius 2 is 2.12 bits per heavy atom. The summed E-state index contributed by atoms with van der Waals surface area (Å²) in [4.78, 5) is 25.7. The molecule has 0 aromatic carbocycles. The second-order valence-electron chi connectivity index (χ2n) is 5.30. The van der Waals surface area contributed by atoms with Crippen LogP contribution in [0.2, 0.25) is 0 Å². The van der Waals surface area contributed by atoms with E-state index in [0.29, 0.717) is 17.4 Å².